The van der Waals surface area contributed by atoms with E-state index in [1.54, 1.807) is 30.3 Å². The zero-order valence-electron chi connectivity index (χ0n) is 20.5. The van der Waals surface area contributed by atoms with Gasteiger partial charge in [-0.2, -0.15) is 5.10 Å². The second kappa shape index (κ2) is 11.2. The maximum atomic E-state index is 12.3. The van der Waals surface area contributed by atoms with Crippen molar-refractivity contribution in [3.05, 3.63) is 100 Å². The van der Waals surface area contributed by atoms with Crippen LogP contribution in [0.4, 0.5) is 5.69 Å². The number of benzene rings is 3. The number of amides is 1. The molecule has 194 valence electrons. The number of rotatable bonds is 9. The van der Waals surface area contributed by atoms with Gasteiger partial charge in [-0.3, -0.25) is 14.9 Å². The van der Waals surface area contributed by atoms with Gasteiger partial charge in [0.1, 0.15) is 17.2 Å². The summed E-state index contributed by atoms with van der Waals surface area (Å²) in [6.45, 7) is 0.794. The van der Waals surface area contributed by atoms with Crippen LogP contribution in [-0.2, 0) is 16.1 Å². The first-order valence-electron chi connectivity index (χ1n) is 12.2. The van der Waals surface area contributed by atoms with Gasteiger partial charge >= 0.3 is 0 Å². The van der Waals surface area contributed by atoms with Gasteiger partial charge in [-0.15, -0.1) is 0 Å². The molecule has 1 aliphatic heterocycles. The smallest absolute Gasteiger partial charge is 0.271 e. The van der Waals surface area contributed by atoms with Crippen molar-refractivity contribution in [2.45, 2.75) is 32.2 Å². The van der Waals surface area contributed by atoms with Crippen molar-refractivity contribution in [2.75, 3.05) is 6.61 Å². The molecule has 3 aromatic carbocycles. The van der Waals surface area contributed by atoms with Crippen molar-refractivity contribution >= 4 is 11.6 Å². The molecule has 1 amide bonds. The summed E-state index contributed by atoms with van der Waals surface area (Å²) in [5.41, 5.74) is 7.79. The minimum atomic E-state index is -0.672. The summed E-state index contributed by atoms with van der Waals surface area (Å²) in [6, 6.07) is 20.9. The Morgan fingerprint density at radius 3 is 2.53 bits per heavy atom. The van der Waals surface area contributed by atoms with Crippen molar-refractivity contribution < 1.29 is 23.9 Å². The topological polar surface area (TPSA) is 132 Å². The zero-order valence-corrected chi connectivity index (χ0v) is 20.5. The number of carbonyl (C=O) groups is 1. The predicted molar refractivity (Wildman–Crippen MR) is 139 cm³/mol. The van der Waals surface area contributed by atoms with Crippen LogP contribution in [0.15, 0.2) is 79.0 Å². The summed E-state index contributed by atoms with van der Waals surface area (Å²) in [5, 5.41) is 16.1. The van der Waals surface area contributed by atoms with Crippen LogP contribution in [0, 0.1) is 10.1 Å². The monoisotopic (exact) mass is 514 g/mol. The zero-order chi connectivity index (χ0) is 26.5. The fraction of sp³-hybridized carbons (Fsp3) is 0.214. The summed E-state index contributed by atoms with van der Waals surface area (Å²) >= 11 is 0. The lowest BCUT2D eigenvalue weighted by Gasteiger charge is -2.23. The number of carbonyl (C=O) groups excluding carboxylic acids is 1. The van der Waals surface area contributed by atoms with Crippen LogP contribution >= 0.6 is 0 Å². The molecule has 10 nitrogen and oxygen atoms in total. The summed E-state index contributed by atoms with van der Waals surface area (Å²) in [5.74, 6) is 0.638. The van der Waals surface area contributed by atoms with E-state index < -0.39 is 10.8 Å². The van der Waals surface area contributed by atoms with Crippen LogP contribution in [0.25, 0.3) is 16.9 Å². The van der Waals surface area contributed by atoms with Crippen molar-refractivity contribution in [2.24, 2.45) is 5.73 Å². The average Bonchev–Trinajstić information content (AvgIpc) is 3.39. The molecule has 0 spiro atoms. The number of hydrogen-bond donors (Lipinski definition) is 1. The van der Waals surface area contributed by atoms with Crippen LogP contribution in [0.2, 0.25) is 0 Å². The average molecular weight is 515 g/mol. The Balaban J connectivity index is 1.46. The first kappa shape index (κ1) is 25.1. The Morgan fingerprint density at radius 2 is 1.84 bits per heavy atom. The van der Waals surface area contributed by atoms with Crippen molar-refractivity contribution in [3.8, 4) is 28.4 Å². The quantitative estimate of drug-likeness (QED) is 0.234. The first-order valence-corrected chi connectivity index (χ1v) is 12.2. The highest BCUT2D eigenvalue weighted by Gasteiger charge is 2.21. The molecule has 5 rings (SSSR count). The van der Waals surface area contributed by atoms with Crippen molar-refractivity contribution in [1.82, 2.24) is 9.78 Å². The Kier molecular flexibility index (Phi) is 7.43. The van der Waals surface area contributed by atoms with Crippen molar-refractivity contribution in [3.63, 3.8) is 0 Å². The fourth-order valence-electron chi connectivity index (χ4n) is 4.22. The molecule has 0 radical (unpaired) electrons. The van der Waals surface area contributed by atoms with E-state index in [4.69, 9.17) is 19.9 Å². The van der Waals surface area contributed by atoms with Gasteiger partial charge in [0.05, 0.1) is 22.8 Å². The van der Waals surface area contributed by atoms with E-state index in [0.717, 1.165) is 19.3 Å². The lowest BCUT2D eigenvalue weighted by molar-refractivity contribution is -0.384. The van der Waals surface area contributed by atoms with E-state index in [-0.39, 0.29) is 24.1 Å². The molecule has 1 aromatic heterocycles. The Hall–Kier alpha value is -4.54. The third-order valence-corrected chi connectivity index (χ3v) is 6.18. The molecule has 0 aliphatic carbocycles. The van der Waals surface area contributed by atoms with Gasteiger partial charge < -0.3 is 19.9 Å². The minimum absolute atomic E-state index is 0.113. The standard InChI is InChI=1S/C28H26N4O6/c29-28(33)24-17-31(30-27(24)19-10-13-23(14-11-19)38-22-6-2-1-3-7-22)25-16-21(32(34)35)12-9-20(25)18-37-26-8-4-5-15-36-26/h1-3,6-7,9-14,16-17,26H,4-5,8,15,18H2,(H2,29,33). The molecule has 0 bridgehead atoms. The molecule has 1 atom stereocenters. The summed E-state index contributed by atoms with van der Waals surface area (Å²) in [7, 11) is 0. The highest BCUT2D eigenvalue weighted by Crippen LogP contribution is 2.30. The maximum Gasteiger partial charge on any atom is 0.271 e. The SMILES string of the molecule is NC(=O)c1cn(-c2cc([N+](=O)[O-])ccc2COC2CCCCO2)nc1-c1ccc(Oc2ccccc2)cc1. The van der Waals surface area contributed by atoms with Crippen LogP contribution in [-0.4, -0.2) is 33.5 Å². The fourth-order valence-corrected chi connectivity index (χ4v) is 4.22. The maximum absolute atomic E-state index is 12.3. The molecule has 38 heavy (non-hydrogen) atoms. The molecular weight excluding hydrogens is 488 g/mol. The number of ether oxygens (including phenoxy) is 3. The number of aromatic nitrogens is 2. The van der Waals surface area contributed by atoms with Gasteiger partial charge in [0.15, 0.2) is 6.29 Å². The summed E-state index contributed by atoms with van der Waals surface area (Å²) in [6.07, 6.45) is 3.93. The number of nitrogens with two attached hydrogens (primary N) is 1. The van der Waals surface area contributed by atoms with Gasteiger partial charge in [0, 0.05) is 36.1 Å². The third kappa shape index (κ3) is 5.72. The lowest BCUT2D eigenvalue weighted by atomic mass is 10.1. The van der Waals surface area contributed by atoms with Crippen LogP contribution in [0.5, 0.6) is 11.5 Å². The second-order valence-electron chi connectivity index (χ2n) is 8.82. The van der Waals surface area contributed by atoms with E-state index in [0.29, 0.717) is 40.6 Å². The number of primary amides is 1. The highest BCUT2D eigenvalue weighted by atomic mass is 16.7. The Bertz CT molecular complexity index is 1430. The van der Waals surface area contributed by atoms with E-state index >= 15 is 0 Å². The van der Waals surface area contributed by atoms with Gasteiger partial charge in [-0.1, -0.05) is 18.2 Å². The number of non-ortho nitro benzene ring substituents is 1. The lowest BCUT2D eigenvalue weighted by Crippen LogP contribution is -2.22. The number of nitro benzene ring substituents is 1. The molecule has 1 unspecified atom stereocenters. The van der Waals surface area contributed by atoms with Gasteiger partial charge in [0.2, 0.25) is 0 Å². The van der Waals surface area contributed by atoms with E-state index in [1.807, 2.05) is 30.3 Å². The molecule has 4 aromatic rings. The van der Waals surface area contributed by atoms with Crippen LogP contribution < -0.4 is 10.5 Å². The van der Waals surface area contributed by atoms with E-state index in [1.165, 1.54) is 23.0 Å². The molecule has 1 aliphatic rings. The predicted octanol–water partition coefficient (Wildman–Crippen LogP) is 5.38. The van der Waals surface area contributed by atoms with Crippen LogP contribution in [0.3, 0.4) is 0 Å². The molecule has 0 saturated carbocycles. The Morgan fingerprint density at radius 1 is 1.08 bits per heavy atom. The van der Waals surface area contributed by atoms with Crippen LogP contribution in [0.1, 0.15) is 35.2 Å². The van der Waals surface area contributed by atoms with Gasteiger partial charge in [-0.25, -0.2) is 4.68 Å². The largest absolute Gasteiger partial charge is 0.457 e. The van der Waals surface area contributed by atoms with Crippen molar-refractivity contribution in [1.29, 1.82) is 0 Å². The van der Waals surface area contributed by atoms with E-state index in [9.17, 15) is 14.9 Å². The van der Waals surface area contributed by atoms with Gasteiger partial charge in [-0.05, 0) is 61.7 Å². The van der Waals surface area contributed by atoms with Gasteiger partial charge in [0.25, 0.3) is 11.6 Å². The van der Waals surface area contributed by atoms with E-state index in [2.05, 4.69) is 5.10 Å². The highest BCUT2D eigenvalue weighted by molar-refractivity contribution is 5.98. The summed E-state index contributed by atoms with van der Waals surface area (Å²) < 4.78 is 18.8. The molecule has 2 heterocycles. The third-order valence-electron chi connectivity index (χ3n) is 6.18. The number of hydrogen-bond acceptors (Lipinski definition) is 7. The molecule has 2 N–H and O–H groups in total. The summed E-state index contributed by atoms with van der Waals surface area (Å²) in [4.78, 5) is 23.4. The minimum Gasteiger partial charge on any atom is -0.457 e. The molecule has 1 saturated heterocycles. The first-order chi connectivity index (χ1) is 18.5. The number of nitrogens with zero attached hydrogens (tertiary/aromatic N) is 3. The number of nitro groups is 1. The molecule has 10 heteroatoms. The second-order valence-corrected chi connectivity index (χ2v) is 8.82. The Labute approximate surface area is 218 Å². The molecule has 1 fully saturated rings. The number of para-hydroxylation sites is 1. The molecular formula is C28H26N4O6. The normalized spacial score (nSPS) is 15.2.